The Morgan fingerprint density at radius 2 is 2.12 bits per heavy atom. The van der Waals surface area contributed by atoms with Crippen molar-refractivity contribution < 1.29 is 0 Å². The van der Waals surface area contributed by atoms with Gasteiger partial charge in [0.2, 0.25) is 0 Å². The first kappa shape index (κ1) is 12.8. The molecule has 1 atom stereocenters. The number of aromatic amines is 1. The number of H-pyrrole nitrogens is 1. The third kappa shape index (κ3) is 2.78. The lowest BCUT2D eigenvalue weighted by molar-refractivity contribution is 0.111. The van der Waals surface area contributed by atoms with E-state index in [1.807, 2.05) is 6.07 Å². The molecule has 1 aromatic heterocycles. The maximum atomic E-state index is 5.17. The van der Waals surface area contributed by atoms with Crippen LogP contribution < -0.4 is 0 Å². The highest BCUT2D eigenvalue weighted by Crippen LogP contribution is 2.33. The monoisotopic (exact) mass is 250 g/mol. The minimum absolute atomic E-state index is 0.565. The summed E-state index contributed by atoms with van der Waals surface area (Å²) in [5.74, 6) is 0. The van der Waals surface area contributed by atoms with E-state index in [9.17, 15) is 0 Å². The lowest BCUT2D eigenvalue weighted by Gasteiger charge is -2.39. The second-order valence-electron chi connectivity index (χ2n) is 5.25. The molecule has 1 N–H and O–H groups in total. The lowest BCUT2D eigenvalue weighted by Crippen LogP contribution is -2.38. The Labute approximate surface area is 109 Å². The number of nitrogens with one attached hydrogen (secondary N) is 1. The molecule has 2 heterocycles. The van der Waals surface area contributed by atoms with Crippen LogP contribution in [0.4, 0.5) is 0 Å². The van der Waals surface area contributed by atoms with Crippen molar-refractivity contribution in [3.8, 4) is 0 Å². The SMILES string of the molecule is Cc1[nH]c(=S)ccc1[C@@H]1CCCCN1C(C)C. The standard InChI is InChI=1S/C14H22N2S/c1-10(2)16-9-5-4-6-13(16)12-7-8-14(17)15-11(12)3/h7-8,10,13H,4-6,9H2,1-3H3,(H,15,17)/t13-/m0/s1. The van der Waals surface area contributed by atoms with Gasteiger partial charge in [-0.25, -0.2) is 0 Å². The Bertz CT molecular complexity index is 436. The molecule has 1 aliphatic rings. The fourth-order valence-electron chi connectivity index (χ4n) is 2.86. The Morgan fingerprint density at radius 3 is 2.76 bits per heavy atom. The Morgan fingerprint density at radius 1 is 1.35 bits per heavy atom. The van der Waals surface area contributed by atoms with E-state index < -0.39 is 0 Å². The number of aryl methyl sites for hydroxylation is 1. The van der Waals surface area contributed by atoms with E-state index >= 15 is 0 Å². The quantitative estimate of drug-likeness (QED) is 0.800. The molecule has 1 aliphatic heterocycles. The predicted octanol–water partition coefficient (Wildman–Crippen LogP) is 3.99. The number of aromatic nitrogens is 1. The molecule has 0 aliphatic carbocycles. The zero-order valence-electron chi connectivity index (χ0n) is 11.0. The Hall–Kier alpha value is -0.670. The molecule has 0 unspecified atom stereocenters. The van der Waals surface area contributed by atoms with Crippen LogP contribution in [0.15, 0.2) is 12.1 Å². The van der Waals surface area contributed by atoms with Gasteiger partial charge in [0.1, 0.15) is 4.64 Å². The minimum Gasteiger partial charge on any atom is -0.350 e. The van der Waals surface area contributed by atoms with E-state index in [2.05, 4.69) is 36.7 Å². The second kappa shape index (κ2) is 5.32. The summed E-state index contributed by atoms with van der Waals surface area (Å²) in [6, 6.07) is 5.41. The van der Waals surface area contributed by atoms with Gasteiger partial charge in [0, 0.05) is 17.8 Å². The molecule has 1 fully saturated rings. The average Bonchev–Trinajstić information content (AvgIpc) is 2.29. The number of nitrogens with zero attached hydrogens (tertiary/aromatic N) is 1. The van der Waals surface area contributed by atoms with Gasteiger partial charge in [-0.05, 0) is 51.8 Å². The van der Waals surface area contributed by atoms with Gasteiger partial charge in [-0.2, -0.15) is 0 Å². The van der Waals surface area contributed by atoms with Crippen LogP contribution in [-0.2, 0) is 0 Å². The summed E-state index contributed by atoms with van der Waals surface area (Å²) in [5, 5.41) is 0. The van der Waals surface area contributed by atoms with Gasteiger partial charge < -0.3 is 4.98 Å². The molecule has 0 amide bonds. The van der Waals surface area contributed by atoms with Crippen LogP contribution in [0, 0.1) is 11.6 Å². The summed E-state index contributed by atoms with van der Waals surface area (Å²) in [5.41, 5.74) is 2.65. The van der Waals surface area contributed by atoms with E-state index in [4.69, 9.17) is 12.2 Å². The molecule has 0 saturated carbocycles. The predicted molar refractivity (Wildman–Crippen MR) is 74.8 cm³/mol. The van der Waals surface area contributed by atoms with Gasteiger partial charge in [0.05, 0.1) is 0 Å². The first-order chi connectivity index (χ1) is 8.09. The first-order valence-corrected chi connectivity index (χ1v) is 6.96. The van der Waals surface area contributed by atoms with Crippen LogP contribution in [0.2, 0.25) is 0 Å². The number of rotatable bonds is 2. The molecule has 0 bridgehead atoms. The van der Waals surface area contributed by atoms with Crippen molar-refractivity contribution in [1.29, 1.82) is 0 Å². The molecule has 3 heteroatoms. The highest BCUT2D eigenvalue weighted by Gasteiger charge is 2.26. The molecule has 2 rings (SSSR count). The maximum Gasteiger partial charge on any atom is 0.103 e. The van der Waals surface area contributed by atoms with E-state index in [1.165, 1.54) is 37.1 Å². The van der Waals surface area contributed by atoms with Gasteiger partial charge in [0.15, 0.2) is 0 Å². The van der Waals surface area contributed by atoms with Gasteiger partial charge in [-0.15, -0.1) is 0 Å². The van der Waals surface area contributed by atoms with E-state index in [-0.39, 0.29) is 0 Å². The fraction of sp³-hybridized carbons (Fsp3) is 0.643. The highest BCUT2D eigenvalue weighted by molar-refractivity contribution is 7.71. The number of piperidine rings is 1. The van der Waals surface area contributed by atoms with Gasteiger partial charge in [-0.3, -0.25) is 4.90 Å². The van der Waals surface area contributed by atoms with Crippen LogP contribution in [0.3, 0.4) is 0 Å². The number of hydrogen-bond acceptors (Lipinski definition) is 2. The van der Waals surface area contributed by atoms with Crippen molar-refractivity contribution in [1.82, 2.24) is 9.88 Å². The molecule has 1 aromatic rings. The zero-order chi connectivity index (χ0) is 12.4. The molecular weight excluding hydrogens is 228 g/mol. The number of hydrogen-bond donors (Lipinski definition) is 1. The van der Waals surface area contributed by atoms with Crippen molar-refractivity contribution in [3.63, 3.8) is 0 Å². The maximum absolute atomic E-state index is 5.17. The molecular formula is C14H22N2S. The molecule has 94 valence electrons. The normalized spacial score (nSPS) is 22.0. The zero-order valence-corrected chi connectivity index (χ0v) is 11.8. The van der Waals surface area contributed by atoms with Crippen LogP contribution in [0.5, 0.6) is 0 Å². The third-order valence-electron chi connectivity index (χ3n) is 3.72. The van der Waals surface area contributed by atoms with Crippen LogP contribution in [0.25, 0.3) is 0 Å². The summed E-state index contributed by atoms with van der Waals surface area (Å²) >= 11 is 5.17. The topological polar surface area (TPSA) is 19.0 Å². The van der Waals surface area contributed by atoms with Gasteiger partial charge in [-0.1, -0.05) is 24.7 Å². The van der Waals surface area contributed by atoms with E-state index in [1.54, 1.807) is 0 Å². The van der Waals surface area contributed by atoms with Crippen molar-refractivity contribution in [2.24, 2.45) is 0 Å². The Balaban J connectivity index is 2.32. The molecule has 0 aromatic carbocycles. The minimum atomic E-state index is 0.565. The average molecular weight is 250 g/mol. The summed E-state index contributed by atoms with van der Waals surface area (Å²) in [6.07, 6.45) is 3.93. The number of pyridine rings is 1. The molecule has 17 heavy (non-hydrogen) atoms. The smallest absolute Gasteiger partial charge is 0.103 e. The van der Waals surface area contributed by atoms with Crippen LogP contribution in [0.1, 0.15) is 50.4 Å². The molecule has 0 spiro atoms. The lowest BCUT2D eigenvalue weighted by atomic mass is 9.93. The number of likely N-dealkylation sites (tertiary alicyclic amines) is 1. The van der Waals surface area contributed by atoms with Crippen molar-refractivity contribution in [2.45, 2.75) is 52.1 Å². The fourth-order valence-corrected chi connectivity index (χ4v) is 3.08. The largest absolute Gasteiger partial charge is 0.350 e. The van der Waals surface area contributed by atoms with Crippen molar-refractivity contribution in [3.05, 3.63) is 28.0 Å². The van der Waals surface area contributed by atoms with Gasteiger partial charge >= 0.3 is 0 Å². The van der Waals surface area contributed by atoms with Gasteiger partial charge in [0.25, 0.3) is 0 Å². The summed E-state index contributed by atoms with van der Waals surface area (Å²) < 4.78 is 0.832. The van der Waals surface area contributed by atoms with E-state index in [0.717, 1.165) is 4.64 Å². The van der Waals surface area contributed by atoms with Crippen LogP contribution in [-0.4, -0.2) is 22.5 Å². The highest BCUT2D eigenvalue weighted by atomic mass is 32.1. The Kier molecular flexibility index (Phi) is 4.00. The first-order valence-electron chi connectivity index (χ1n) is 6.55. The van der Waals surface area contributed by atoms with Crippen LogP contribution >= 0.6 is 12.2 Å². The van der Waals surface area contributed by atoms with E-state index in [0.29, 0.717) is 12.1 Å². The van der Waals surface area contributed by atoms with Crippen molar-refractivity contribution in [2.75, 3.05) is 6.54 Å². The molecule has 1 saturated heterocycles. The third-order valence-corrected chi connectivity index (χ3v) is 3.96. The summed E-state index contributed by atoms with van der Waals surface area (Å²) in [7, 11) is 0. The molecule has 2 nitrogen and oxygen atoms in total. The second-order valence-corrected chi connectivity index (χ2v) is 5.69. The summed E-state index contributed by atoms with van der Waals surface area (Å²) in [6.45, 7) is 7.94. The molecule has 0 radical (unpaired) electrons. The van der Waals surface area contributed by atoms with Crippen molar-refractivity contribution >= 4 is 12.2 Å². The summed E-state index contributed by atoms with van der Waals surface area (Å²) in [4.78, 5) is 5.90.